The van der Waals surface area contributed by atoms with Crippen LogP contribution >= 0.6 is 11.3 Å². The van der Waals surface area contributed by atoms with E-state index in [-0.39, 0.29) is 5.56 Å². The Hall–Kier alpha value is -3.38. The molecule has 5 nitrogen and oxygen atoms in total. The molecule has 3 heterocycles. The summed E-state index contributed by atoms with van der Waals surface area (Å²) < 4.78 is 11.4. The Kier molecular flexibility index (Phi) is 4.72. The van der Waals surface area contributed by atoms with E-state index in [1.54, 1.807) is 41.9 Å². The summed E-state index contributed by atoms with van der Waals surface area (Å²) in [5.74, 6) is 0.274. The average Bonchev–Trinajstić information content (AvgIpc) is 3.40. The third kappa shape index (κ3) is 3.91. The van der Waals surface area contributed by atoms with E-state index in [0.29, 0.717) is 12.5 Å². The topological polar surface area (TPSA) is 72.6 Å². The molecule has 0 spiro atoms. The van der Waals surface area contributed by atoms with Gasteiger partial charge in [-0.15, -0.1) is 11.3 Å². The SMILES string of the molecule is O=C(O)c1ccc(COc2cc(-c3ccco3)cc(-c3cccs3)n2)cc1. The molecule has 0 amide bonds. The van der Waals surface area contributed by atoms with Crippen LogP contribution in [0.5, 0.6) is 5.88 Å². The van der Waals surface area contributed by atoms with E-state index in [9.17, 15) is 4.79 Å². The zero-order chi connectivity index (χ0) is 18.6. The van der Waals surface area contributed by atoms with Crippen LogP contribution in [0.3, 0.4) is 0 Å². The fourth-order valence-corrected chi connectivity index (χ4v) is 3.30. The highest BCUT2D eigenvalue weighted by atomic mass is 32.1. The molecule has 4 rings (SSSR count). The van der Waals surface area contributed by atoms with Crippen LogP contribution < -0.4 is 4.74 Å². The molecule has 0 saturated carbocycles. The van der Waals surface area contributed by atoms with Gasteiger partial charge in [-0.3, -0.25) is 0 Å². The number of thiophene rings is 1. The molecule has 0 aliphatic heterocycles. The lowest BCUT2D eigenvalue weighted by Gasteiger charge is -2.09. The third-order valence-corrected chi connectivity index (χ3v) is 4.86. The lowest BCUT2D eigenvalue weighted by molar-refractivity contribution is 0.0697. The summed E-state index contributed by atoms with van der Waals surface area (Å²) in [6, 6.07) is 18.1. The first-order valence-electron chi connectivity index (χ1n) is 8.24. The number of pyridine rings is 1. The smallest absolute Gasteiger partial charge is 0.335 e. The molecule has 0 aliphatic rings. The molecule has 134 valence electrons. The number of rotatable bonds is 6. The van der Waals surface area contributed by atoms with Crippen molar-refractivity contribution in [1.82, 2.24) is 4.98 Å². The summed E-state index contributed by atoms with van der Waals surface area (Å²) >= 11 is 1.61. The minimum absolute atomic E-state index is 0.247. The maximum Gasteiger partial charge on any atom is 0.335 e. The van der Waals surface area contributed by atoms with Gasteiger partial charge in [-0.1, -0.05) is 18.2 Å². The summed E-state index contributed by atoms with van der Waals surface area (Å²) in [4.78, 5) is 16.6. The van der Waals surface area contributed by atoms with E-state index in [0.717, 1.165) is 27.5 Å². The van der Waals surface area contributed by atoms with Crippen LogP contribution in [0, 0.1) is 0 Å². The molecule has 0 radical (unpaired) electrons. The van der Waals surface area contributed by atoms with Crippen molar-refractivity contribution in [3.63, 3.8) is 0 Å². The number of hydrogen-bond acceptors (Lipinski definition) is 5. The van der Waals surface area contributed by atoms with Crippen LogP contribution in [-0.2, 0) is 6.61 Å². The Balaban J connectivity index is 1.60. The molecule has 0 bridgehead atoms. The minimum Gasteiger partial charge on any atom is -0.478 e. The van der Waals surface area contributed by atoms with Crippen molar-refractivity contribution >= 4 is 17.3 Å². The number of ether oxygens (including phenoxy) is 1. The highest BCUT2D eigenvalue weighted by Crippen LogP contribution is 2.31. The van der Waals surface area contributed by atoms with Gasteiger partial charge in [0, 0.05) is 11.6 Å². The Bertz CT molecular complexity index is 986. The first-order valence-corrected chi connectivity index (χ1v) is 9.12. The fourth-order valence-electron chi connectivity index (χ4n) is 2.62. The van der Waals surface area contributed by atoms with Gasteiger partial charge in [-0.05, 0) is 47.3 Å². The summed E-state index contributed by atoms with van der Waals surface area (Å²) in [6.07, 6.45) is 1.63. The largest absolute Gasteiger partial charge is 0.478 e. The van der Waals surface area contributed by atoms with Gasteiger partial charge in [0.15, 0.2) is 0 Å². The minimum atomic E-state index is -0.948. The highest BCUT2D eigenvalue weighted by Gasteiger charge is 2.11. The molecule has 0 saturated heterocycles. The first kappa shape index (κ1) is 17.1. The van der Waals surface area contributed by atoms with Gasteiger partial charge < -0.3 is 14.3 Å². The Morgan fingerprint density at radius 2 is 1.96 bits per heavy atom. The second-order valence-corrected chi connectivity index (χ2v) is 6.77. The zero-order valence-electron chi connectivity index (χ0n) is 14.2. The normalized spacial score (nSPS) is 10.7. The standard InChI is InChI=1S/C21H15NO4S/c23-21(24)15-7-5-14(6-8-15)13-26-20-12-16(18-3-1-9-25-18)11-17(22-20)19-4-2-10-27-19/h1-12H,13H2,(H,23,24). The summed E-state index contributed by atoms with van der Waals surface area (Å²) in [6.45, 7) is 0.290. The summed E-state index contributed by atoms with van der Waals surface area (Å²) in [7, 11) is 0. The Labute approximate surface area is 159 Å². The third-order valence-electron chi connectivity index (χ3n) is 3.97. The van der Waals surface area contributed by atoms with Gasteiger partial charge in [-0.25, -0.2) is 9.78 Å². The number of hydrogen-bond donors (Lipinski definition) is 1. The van der Waals surface area contributed by atoms with Crippen molar-refractivity contribution in [3.8, 4) is 27.8 Å². The fraction of sp³-hybridized carbons (Fsp3) is 0.0476. The molecule has 0 fully saturated rings. The number of carboxylic acids is 1. The van der Waals surface area contributed by atoms with Crippen LogP contribution in [-0.4, -0.2) is 16.1 Å². The number of carboxylic acid groups (broad SMARTS) is 1. The number of carbonyl (C=O) groups is 1. The molecule has 1 aromatic carbocycles. The van der Waals surface area contributed by atoms with E-state index >= 15 is 0 Å². The molecule has 1 N–H and O–H groups in total. The van der Waals surface area contributed by atoms with E-state index in [4.69, 9.17) is 14.3 Å². The molecule has 0 atom stereocenters. The van der Waals surface area contributed by atoms with Crippen LogP contribution in [0.4, 0.5) is 0 Å². The zero-order valence-corrected chi connectivity index (χ0v) is 15.0. The first-order chi connectivity index (χ1) is 13.2. The van der Waals surface area contributed by atoms with E-state index in [1.807, 2.05) is 41.8 Å². The molecule has 27 heavy (non-hydrogen) atoms. The molecule has 3 aromatic heterocycles. The second-order valence-electron chi connectivity index (χ2n) is 5.82. The van der Waals surface area contributed by atoms with Crippen LogP contribution in [0.15, 0.2) is 76.7 Å². The van der Waals surface area contributed by atoms with E-state index < -0.39 is 5.97 Å². The summed E-state index contributed by atoms with van der Waals surface area (Å²) in [5, 5.41) is 11.0. The predicted molar refractivity (Wildman–Crippen MR) is 103 cm³/mol. The van der Waals surface area contributed by atoms with Gasteiger partial charge >= 0.3 is 5.97 Å². The van der Waals surface area contributed by atoms with Crippen LogP contribution in [0.2, 0.25) is 0 Å². The van der Waals surface area contributed by atoms with E-state index in [1.165, 1.54) is 0 Å². The van der Waals surface area contributed by atoms with Crippen molar-refractivity contribution in [2.75, 3.05) is 0 Å². The van der Waals surface area contributed by atoms with Gasteiger partial charge in [0.05, 0.1) is 22.4 Å². The molecule has 0 aliphatic carbocycles. The average molecular weight is 377 g/mol. The van der Waals surface area contributed by atoms with E-state index in [2.05, 4.69) is 4.98 Å². The molecule has 4 aromatic rings. The highest BCUT2D eigenvalue weighted by molar-refractivity contribution is 7.13. The number of benzene rings is 1. The van der Waals surface area contributed by atoms with Gasteiger partial charge in [-0.2, -0.15) is 0 Å². The molecule has 6 heteroatoms. The molecular weight excluding hydrogens is 362 g/mol. The molecular formula is C21H15NO4S. The number of aromatic nitrogens is 1. The number of aromatic carboxylic acids is 1. The van der Waals surface area contributed by atoms with Crippen LogP contribution in [0.1, 0.15) is 15.9 Å². The van der Waals surface area contributed by atoms with Gasteiger partial charge in [0.25, 0.3) is 0 Å². The van der Waals surface area contributed by atoms with Crippen LogP contribution in [0.25, 0.3) is 21.9 Å². The monoisotopic (exact) mass is 377 g/mol. The van der Waals surface area contributed by atoms with Gasteiger partial charge in [0.1, 0.15) is 12.4 Å². The Morgan fingerprint density at radius 3 is 2.63 bits per heavy atom. The number of nitrogens with zero attached hydrogens (tertiary/aromatic N) is 1. The maximum absolute atomic E-state index is 10.9. The van der Waals surface area contributed by atoms with Crippen molar-refractivity contribution in [1.29, 1.82) is 0 Å². The van der Waals surface area contributed by atoms with Crippen molar-refractivity contribution in [3.05, 3.63) is 83.4 Å². The number of furan rings is 1. The Morgan fingerprint density at radius 1 is 1.11 bits per heavy atom. The van der Waals surface area contributed by atoms with Gasteiger partial charge in [0.2, 0.25) is 5.88 Å². The van der Waals surface area contributed by atoms with Crippen molar-refractivity contribution < 1.29 is 19.1 Å². The second kappa shape index (κ2) is 7.47. The lowest BCUT2D eigenvalue weighted by Crippen LogP contribution is -2.00. The predicted octanol–water partition coefficient (Wildman–Crippen LogP) is 5.35. The van der Waals surface area contributed by atoms with Crippen molar-refractivity contribution in [2.24, 2.45) is 0 Å². The lowest BCUT2D eigenvalue weighted by atomic mass is 10.1. The maximum atomic E-state index is 10.9. The van der Waals surface area contributed by atoms with Crippen molar-refractivity contribution in [2.45, 2.75) is 6.61 Å². The molecule has 0 unspecified atom stereocenters. The summed E-state index contributed by atoms with van der Waals surface area (Å²) in [5.41, 5.74) is 2.81. The quantitative estimate of drug-likeness (QED) is 0.490.